The highest BCUT2D eigenvalue weighted by molar-refractivity contribution is 5.86. The van der Waals surface area contributed by atoms with Crippen molar-refractivity contribution in [3.63, 3.8) is 0 Å². The fourth-order valence-electron chi connectivity index (χ4n) is 1.54. The molecule has 100 valence electrons. The van der Waals surface area contributed by atoms with Crippen LogP contribution in [0.4, 0.5) is 0 Å². The van der Waals surface area contributed by atoms with Crippen molar-refractivity contribution in [3.8, 4) is 6.07 Å². The molecule has 20 heavy (non-hydrogen) atoms. The van der Waals surface area contributed by atoms with E-state index in [1.54, 1.807) is 16.9 Å². The molecule has 0 spiro atoms. The summed E-state index contributed by atoms with van der Waals surface area (Å²) in [5.74, 6) is -0.579. The van der Waals surface area contributed by atoms with E-state index >= 15 is 0 Å². The summed E-state index contributed by atoms with van der Waals surface area (Å²) in [6, 6.07) is 11.6. The summed E-state index contributed by atoms with van der Waals surface area (Å²) in [4.78, 5) is 11.2. The Hall–Kier alpha value is -2.94. The third-order valence-corrected chi connectivity index (χ3v) is 2.41. The lowest BCUT2D eigenvalue weighted by Gasteiger charge is -1.98. The highest BCUT2D eigenvalue weighted by atomic mass is 16.5. The minimum absolute atomic E-state index is 0.260. The molecule has 2 rings (SSSR count). The van der Waals surface area contributed by atoms with Crippen LogP contribution < -0.4 is 0 Å². The molecular weight excluding hydrogens is 256 g/mol. The maximum atomic E-state index is 11.2. The molecule has 0 aliphatic heterocycles. The average molecular weight is 268 g/mol. The van der Waals surface area contributed by atoms with Gasteiger partial charge in [0, 0.05) is 6.08 Å². The van der Waals surface area contributed by atoms with Gasteiger partial charge in [-0.2, -0.15) is 5.26 Å². The fourth-order valence-corrected chi connectivity index (χ4v) is 1.54. The summed E-state index contributed by atoms with van der Waals surface area (Å²) in [7, 11) is 0. The number of hydrogen-bond donors (Lipinski definition) is 0. The zero-order valence-corrected chi connectivity index (χ0v) is 10.6. The molecule has 6 nitrogen and oxygen atoms in total. The van der Waals surface area contributed by atoms with E-state index in [1.807, 2.05) is 30.3 Å². The summed E-state index contributed by atoms with van der Waals surface area (Å²) in [5.41, 5.74) is 1.66. The summed E-state index contributed by atoms with van der Waals surface area (Å²) < 4.78 is 6.25. The van der Waals surface area contributed by atoms with E-state index in [2.05, 4.69) is 15.0 Å². The van der Waals surface area contributed by atoms with E-state index < -0.39 is 5.97 Å². The van der Waals surface area contributed by atoms with Crippen molar-refractivity contribution in [1.82, 2.24) is 15.0 Å². The third kappa shape index (κ3) is 4.07. The zero-order chi connectivity index (χ0) is 14.2. The van der Waals surface area contributed by atoms with Gasteiger partial charge in [0.25, 0.3) is 0 Å². The lowest BCUT2D eigenvalue weighted by molar-refractivity contribution is -0.136. The molecule has 0 unspecified atom stereocenters. The number of carbonyl (C=O) groups is 1. The van der Waals surface area contributed by atoms with E-state index in [4.69, 9.17) is 5.26 Å². The van der Waals surface area contributed by atoms with Crippen molar-refractivity contribution in [3.05, 3.63) is 53.9 Å². The van der Waals surface area contributed by atoms with Gasteiger partial charge in [-0.1, -0.05) is 35.5 Å². The molecule has 0 bridgehead atoms. The monoisotopic (exact) mass is 268 g/mol. The molecule has 0 amide bonds. The number of aromatic nitrogens is 3. The van der Waals surface area contributed by atoms with Gasteiger partial charge in [-0.25, -0.2) is 9.48 Å². The number of hydrogen-bond acceptors (Lipinski definition) is 5. The minimum atomic E-state index is -0.579. The van der Waals surface area contributed by atoms with E-state index in [9.17, 15) is 4.79 Å². The number of nitriles is 1. The normalized spacial score (nSPS) is 10.3. The van der Waals surface area contributed by atoms with Crippen LogP contribution in [-0.2, 0) is 16.1 Å². The number of nitrogens with zero attached hydrogens (tertiary/aromatic N) is 4. The Morgan fingerprint density at radius 2 is 2.20 bits per heavy atom. The van der Waals surface area contributed by atoms with Gasteiger partial charge in [-0.05, 0) is 11.6 Å². The van der Waals surface area contributed by atoms with Crippen molar-refractivity contribution < 1.29 is 9.53 Å². The Morgan fingerprint density at radius 1 is 1.40 bits per heavy atom. The molecule has 0 radical (unpaired) electrons. The van der Waals surface area contributed by atoms with Gasteiger partial charge in [0.1, 0.15) is 11.8 Å². The van der Waals surface area contributed by atoms with E-state index in [0.717, 1.165) is 5.56 Å². The quantitative estimate of drug-likeness (QED) is 0.605. The highest BCUT2D eigenvalue weighted by Crippen LogP contribution is 2.03. The van der Waals surface area contributed by atoms with Crippen molar-refractivity contribution in [1.29, 1.82) is 5.26 Å². The van der Waals surface area contributed by atoms with Crippen LogP contribution >= 0.6 is 0 Å². The average Bonchev–Trinajstić information content (AvgIpc) is 2.91. The van der Waals surface area contributed by atoms with Crippen LogP contribution in [0.2, 0.25) is 0 Å². The lowest BCUT2D eigenvalue weighted by Crippen LogP contribution is -2.00. The molecule has 6 heteroatoms. The van der Waals surface area contributed by atoms with Gasteiger partial charge in [0.05, 0.1) is 12.7 Å². The molecule has 0 aliphatic rings. The van der Waals surface area contributed by atoms with Gasteiger partial charge in [0.15, 0.2) is 6.61 Å². The summed E-state index contributed by atoms with van der Waals surface area (Å²) in [5, 5.41) is 16.1. The van der Waals surface area contributed by atoms with Crippen LogP contribution in [0.5, 0.6) is 0 Å². The maximum Gasteiger partial charge on any atom is 0.331 e. The molecule has 0 atom stereocenters. The van der Waals surface area contributed by atoms with Crippen LogP contribution in [-0.4, -0.2) is 27.6 Å². The second kappa shape index (κ2) is 6.85. The molecular formula is C14H12N4O2. The van der Waals surface area contributed by atoms with E-state index in [-0.39, 0.29) is 6.61 Å². The van der Waals surface area contributed by atoms with Crippen LogP contribution in [0.25, 0.3) is 6.08 Å². The van der Waals surface area contributed by atoms with Gasteiger partial charge >= 0.3 is 5.97 Å². The summed E-state index contributed by atoms with van der Waals surface area (Å²) in [6.07, 6.45) is 4.43. The highest BCUT2D eigenvalue weighted by Gasteiger charge is 2.00. The molecule has 0 saturated carbocycles. The van der Waals surface area contributed by atoms with Crippen LogP contribution in [0.1, 0.15) is 11.3 Å². The smallest absolute Gasteiger partial charge is 0.331 e. The standard InChI is InChI=1S/C14H12N4O2/c15-8-9-20-14(19)7-6-13-11-18(17-16-13)10-12-4-2-1-3-5-12/h1-7,11H,9-10H2/b7-6+. The molecule has 0 fully saturated rings. The molecule has 0 saturated heterocycles. The predicted molar refractivity (Wildman–Crippen MR) is 71.2 cm³/mol. The molecule has 0 N–H and O–H groups in total. The Bertz CT molecular complexity index is 641. The largest absolute Gasteiger partial charge is 0.447 e. The first-order valence-corrected chi connectivity index (χ1v) is 5.94. The van der Waals surface area contributed by atoms with Crippen molar-refractivity contribution >= 4 is 12.0 Å². The number of ether oxygens (including phenoxy) is 1. The van der Waals surface area contributed by atoms with Gasteiger partial charge in [-0.3, -0.25) is 0 Å². The number of esters is 1. The molecule has 1 aromatic carbocycles. The number of carbonyl (C=O) groups excluding carboxylic acids is 1. The molecule has 1 aromatic heterocycles. The topological polar surface area (TPSA) is 80.8 Å². The van der Waals surface area contributed by atoms with Crippen molar-refractivity contribution in [2.24, 2.45) is 0 Å². The third-order valence-electron chi connectivity index (χ3n) is 2.41. The first-order valence-electron chi connectivity index (χ1n) is 5.94. The Balaban J connectivity index is 1.94. The van der Waals surface area contributed by atoms with Crippen LogP contribution in [0.3, 0.4) is 0 Å². The summed E-state index contributed by atoms with van der Waals surface area (Å²) >= 11 is 0. The first kappa shape index (κ1) is 13.5. The SMILES string of the molecule is N#CCOC(=O)/C=C/c1cn(Cc2ccccc2)nn1. The van der Waals surface area contributed by atoms with Gasteiger partial charge in [0.2, 0.25) is 0 Å². The van der Waals surface area contributed by atoms with E-state index in [1.165, 1.54) is 12.2 Å². The molecule has 0 aliphatic carbocycles. The molecule has 2 aromatic rings. The Labute approximate surface area is 115 Å². The Morgan fingerprint density at radius 3 is 2.95 bits per heavy atom. The second-order valence-corrected chi connectivity index (χ2v) is 3.93. The van der Waals surface area contributed by atoms with Crippen molar-refractivity contribution in [2.75, 3.05) is 6.61 Å². The Kier molecular flexibility index (Phi) is 4.62. The van der Waals surface area contributed by atoms with E-state index in [0.29, 0.717) is 12.2 Å². The molecule has 1 heterocycles. The first-order chi connectivity index (χ1) is 9.78. The number of rotatable bonds is 5. The number of benzene rings is 1. The lowest BCUT2D eigenvalue weighted by atomic mass is 10.2. The van der Waals surface area contributed by atoms with Gasteiger partial charge < -0.3 is 4.74 Å². The summed E-state index contributed by atoms with van der Waals surface area (Å²) in [6.45, 7) is 0.352. The van der Waals surface area contributed by atoms with Crippen molar-refractivity contribution in [2.45, 2.75) is 6.54 Å². The predicted octanol–water partition coefficient (Wildman–Crippen LogP) is 1.41. The van der Waals surface area contributed by atoms with Gasteiger partial charge in [-0.15, -0.1) is 5.10 Å². The minimum Gasteiger partial charge on any atom is -0.447 e. The zero-order valence-electron chi connectivity index (χ0n) is 10.6. The van der Waals surface area contributed by atoms with Crippen LogP contribution in [0.15, 0.2) is 42.6 Å². The maximum absolute atomic E-state index is 11.2. The second-order valence-electron chi connectivity index (χ2n) is 3.93. The van der Waals surface area contributed by atoms with Crippen LogP contribution in [0, 0.1) is 11.3 Å². The fraction of sp³-hybridized carbons (Fsp3) is 0.143.